The summed E-state index contributed by atoms with van der Waals surface area (Å²) in [6, 6.07) is 14.4. The zero-order valence-electron chi connectivity index (χ0n) is 11.9. The van der Waals surface area contributed by atoms with Gasteiger partial charge < -0.3 is 10.6 Å². The predicted molar refractivity (Wildman–Crippen MR) is 87.5 cm³/mol. The molecule has 1 aromatic heterocycles. The number of carbonyl (C=O) groups is 1. The van der Waals surface area contributed by atoms with Gasteiger partial charge in [0, 0.05) is 29.4 Å². The zero-order chi connectivity index (χ0) is 16.2. The van der Waals surface area contributed by atoms with Crippen LogP contribution >= 0.6 is 0 Å². The van der Waals surface area contributed by atoms with Crippen molar-refractivity contribution in [1.82, 2.24) is 4.98 Å². The molecular formula is C16H12N4O3. The van der Waals surface area contributed by atoms with E-state index in [0.717, 1.165) is 5.39 Å². The molecule has 0 spiro atoms. The summed E-state index contributed by atoms with van der Waals surface area (Å²) < 4.78 is 0. The van der Waals surface area contributed by atoms with E-state index in [1.54, 1.807) is 12.3 Å². The molecule has 7 nitrogen and oxygen atoms in total. The van der Waals surface area contributed by atoms with Crippen LogP contribution in [0, 0.1) is 10.1 Å². The number of hydrogen-bond acceptors (Lipinski definition) is 4. The fourth-order valence-corrected chi connectivity index (χ4v) is 2.16. The lowest BCUT2D eigenvalue weighted by Crippen LogP contribution is -2.19. The Morgan fingerprint density at radius 2 is 1.74 bits per heavy atom. The van der Waals surface area contributed by atoms with Crippen molar-refractivity contribution < 1.29 is 9.72 Å². The van der Waals surface area contributed by atoms with E-state index in [9.17, 15) is 14.9 Å². The summed E-state index contributed by atoms with van der Waals surface area (Å²) in [6.45, 7) is 0. The Hall–Kier alpha value is -3.48. The third kappa shape index (κ3) is 3.24. The van der Waals surface area contributed by atoms with Crippen LogP contribution < -0.4 is 10.6 Å². The van der Waals surface area contributed by atoms with Crippen LogP contribution in [0.2, 0.25) is 0 Å². The average molecular weight is 308 g/mol. The monoisotopic (exact) mass is 308 g/mol. The first-order chi connectivity index (χ1) is 11.1. The standard InChI is InChI=1S/C16H12N4O3/c21-16(18-12-6-8-13(9-7-12)20(22)23)19-14-5-1-3-11-4-2-10-17-15(11)14/h1-10H,(H2,18,19,21). The van der Waals surface area contributed by atoms with Gasteiger partial charge in [-0.15, -0.1) is 0 Å². The van der Waals surface area contributed by atoms with Gasteiger partial charge in [0.05, 0.1) is 16.1 Å². The number of rotatable bonds is 3. The molecule has 0 unspecified atom stereocenters. The summed E-state index contributed by atoms with van der Waals surface area (Å²) in [5.41, 5.74) is 1.70. The molecule has 0 radical (unpaired) electrons. The predicted octanol–water partition coefficient (Wildman–Crippen LogP) is 3.79. The van der Waals surface area contributed by atoms with E-state index >= 15 is 0 Å². The van der Waals surface area contributed by atoms with E-state index in [-0.39, 0.29) is 5.69 Å². The minimum absolute atomic E-state index is 0.0331. The Bertz CT molecular complexity index is 873. The lowest BCUT2D eigenvalue weighted by Gasteiger charge is -2.09. The second-order valence-corrected chi connectivity index (χ2v) is 4.76. The van der Waals surface area contributed by atoms with E-state index in [4.69, 9.17) is 0 Å². The highest BCUT2D eigenvalue weighted by molar-refractivity contribution is 6.04. The number of carbonyl (C=O) groups excluding carboxylic acids is 1. The van der Waals surface area contributed by atoms with E-state index in [0.29, 0.717) is 16.9 Å². The SMILES string of the molecule is O=C(Nc1ccc([N+](=O)[O-])cc1)Nc1cccc2cccnc12. The molecule has 114 valence electrons. The Balaban J connectivity index is 1.75. The number of amides is 2. The van der Waals surface area contributed by atoms with Gasteiger partial charge in [0.15, 0.2) is 0 Å². The molecule has 3 rings (SSSR count). The molecule has 0 aliphatic rings. The van der Waals surface area contributed by atoms with Crippen molar-refractivity contribution in [3.05, 3.63) is 70.9 Å². The van der Waals surface area contributed by atoms with Crippen LogP contribution in [0.3, 0.4) is 0 Å². The second-order valence-electron chi connectivity index (χ2n) is 4.76. The number of nitro benzene ring substituents is 1. The van der Waals surface area contributed by atoms with Gasteiger partial charge in [-0.2, -0.15) is 0 Å². The van der Waals surface area contributed by atoms with Crippen molar-refractivity contribution in [3.8, 4) is 0 Å². The molecule has 0 fully saturated rings. The molecule has 0 aliphatic carbocycles. The van der Waals surface area contributed by atoms with Crippen LogP contribution in [0.25, 0.3) is 10.9 Å². The molecule has 0 bridgehead atoms. The van der Waals surface area contributed by atoms with Crippen LogP contribution in [0.1, 0.15) is 0 Å². The average Bonchev–Trinajstić information content (AvgIpc) is 2.55. The van der Waals surface area contributed by atoms with E-state index < -0.39 is 11.0 Å². The number of fused-ring (bicyclic) bond motifs is 1. The van der Waals surface area contributed by atoms with Crippen molar-refractivity contribution in [2.24, 2.45) is 0 Å². The van der Waals surface area contributed by atoms with Crippen molar-refractivity contribution in [1.29, 1.82) is 0 Å². The van der Waals surface area contributed by atoms with Crippen molar-refractivity contribution in [2.45, 2.75) is 0 Å². The molecule has 2 N–H and O–H groups in total. The molecule has 0 atom stereocenters. The maximum absolute atomic E-state index is 12.1. The van der Waals surface area contributed by atoms with Gasteiger partial charge in [-0.1, -0.05) is 18.2 Å². The Kier molecular flexibility index (Phi) is 3.84. The third-order valence-electron chi connectivity index (χ3n) is 3.22. The third-order valence-corrected chi connectivity index (χ3v) is 3.22. The highest BCUT2D eigenvalue weighted by atomic mass is 16.6. The van der Waals surface area contributed by atoms with Crippen LogP contribution in [-0.2, 0) is 0 Å². The summed E-state index contributed by atoms with van der Waals surface area (Å²) in [5, 5.41) is 16.9. The molecule has 7 heteroatoms. The van der Waals surface area contributed by atoms with Gasteiger partial charge in [-0.05, 0) is 24.3 Å². The number of non-ortho nitro benzene ring substituents is 1. The van der Waals surface area contributed by atoms with Gasteiger partial charge in [-0.25, -0.2) is 4.79 Å². The van der Waals surface area contributed by atoms with Gasteiger partial charge in [0.2, 0.25) is 0 Å². The Morgan fingerprint density at radius 1 is 1.00 bits per heavy atom. The minimum atomic E-state index is -0.494. The minimum Gasteiger partial charge on any atom is -0.308 e. The Morgan fingerprint density at radius 3 is 2.48 bits per heavy atom. The lowest BCUT2D eigenvalue weighted by molar-refractivity contribution is -0.384. The number of urea groups is 1. The fraction of sp³-hybridized carbons (Fsp3) is 0. The van der Waals surface area contributed by atoms with E-state index in [1.807, 2.05) is 24.3 Å². The normalized spacial score (nSPS) is 10.3. The molecule has 1 heterocycles. The number of hydrogen-bond donors (Lipinski definition) is 2. The van der Waals surface area contributed by atoms with Crippen molar-refractivity contribution in [3.63, 3.8) is 0 Å². The van der Waals surface area contributed by atoms with Crippen molar-refractivity contribution >= 4 is 34.0 Å². The molecule has 0 saturated heterocycles. The first kappa shape index (κ1) is 14.5. The zero-order valence-corrected chi connectivity index (χ0v) is 11.9. The maximum Gasteiger partial charge on any atom is 0.323 e. The number of benzene rings is 2. The van der Waals surface area contributed by atoms with Gasteiger partial charge in [-0.3, -0.25) is 15.1 Å². The molecule has 2 aromatic carbocycles. The number of nitrogens with one attached hydrogen (secondary N) is 2. The lowest BCUT2D eigenvalue weighted by atomic mass is 10.2. The van der Waals surface area contributed by atoms with Crippen LogP contribution in [0.4, 0.5) is 21.9 Å². The fourth-order valence-electron chi connectivity index (χ4n) is 2.16. The largest absolute Gasteiger partial charge is 0.323 e. The number of nitrogens with zero attached hydrogens (tertiary/aromatic N) is 2. The van der Waals surface area contributed by atoms with E-state index in [2.05, 4.69) is 15.6 Å². The van der Waals surface area contributed by atoms with E-state index in [1.165, 1.54) is 24.3 Å². The number of para-hydroxylation sites is 1. The highest BCUT2D eigenvalue weighted by Gasteiger charge is 2.08. The maximum atomic E-state index is 12.1. The van der Waals surface area contributed by atoms with Gasteiger partial charge in [0.1, 0.15) is 0 Å². The molecule has 2 amide bonds. The first-order valence-electron chi connectivity index (χ1n) is 6.80. The summed E-state index contributed by atoms with van der Waals surface area (Å²) in [4.78, 5) is 26.4. The molecule has 0 aliphatic heterocycles. The molecular weight excluding hydrogens is 296 g/mol. The number of anilines is 2. The second kappa shape index (κ2) is 6.10. The van der Waals surface area contributed by atoms with Crippen LogP contribution in [-0.4, -0.2) is 15.9 Å². The number of nitro groups is 1. The van der Waals surface area contributed by atoms with Crippen LogP contribution in [0.15, 0.2) is 60.8 Å². The first-order valence-corrected chi connectivity index (χ1v) is 6.80. The molecule has 23 heavy (non-hydrogen) atoms. The summed E-state index contributed by atoms with van der Waals surface area (Å²) >= 11 is 0. The topological polar surface area (TPSA) is 97.2 Å². The summed E-state index contributed by atoms with van der Waals surface area (Å²) in [6.07, 6.45) is 1.65. The molecule has 0 saturated carbocycles. The van der Waals surface area contributed by atoms with Gasteiger partial charge in [0.25, 0.3) is 5.69 Å². The summed E-state index contributed by atoms with van der Waals surface area (Å²) in [5.74, 6) is 0. The Labute approximate surface area is 131 Å². The molecule has 3 aromatic rings. The summed E-state index contributed by atoms with van der Waals surface area (Å²) in [7, 11) is 0. The van der Waals surface area contributed by atoms with Crippen molar-refractivity contribution in [2.75, 3.05) is 10.6 Å². The highest BCUT2D eigenvalue weighted by Crippen LogP contribution is 2.21. The van der Waals surface area contributed by atoms with Crippen LogP contribution in [0.5, 0.6) is 0 Å². The number of pyridine rings is 1. The smallest absolute Gasteiger partial charge is 0.308 e. The quantitative estimate of drug-likeness (QED) is 0.568. The number of aromatic nitrogens is 1. The van der Waals surface area contributed by atoms with Gasteiger partial charge >= 0.3 is 6.03 Å².